The van der Waals surface area contributed by atoms with Crippen LogP contribution < -0.4 is 10.2 Å². The quantitative estimate of drug-likeness (QED) is 0.807. The number of fused-ring (bicyclic) bond motifs is 1. The number of amides is 1. The predicted octanol–water partition coefficient (Wildman–Crippen LogP) is 3.76. The van der Waals surface area contributed by atoms with E-state index in [2.05, 4.69) is 34.5 Å². The molecule has 0 saturated carbocycles. The molecule has 0 fully saturated rings. The molecule has 0 radical (unpaired) electrons. The molecule has 122 valence electrons. The molecule has 0 aliphatic carbocycles. The smallest absolute Gasteiger partial charge is 0.261 e. The van der Waals surface area contributed by atoms with E-state index in [1.54, 1.807) is 18.4 Å². The average Bonchev–Trinajstić information content (AvgIpc) is 3.08. The summed E-state index contributed by atoms with van der Waals surface area (Å²) in [6.45, 7) is 2.28. The lowest BCUT2D eigenvalue weighted by molar-refractivity contribution is 0.0952. The van der Waals surface area contributed by atoms with Gasteiger partial charge in [0, 0.05) is 37.5 Å². The second-order valence-corrected chi connectivity index (χ2v) is 7.41. The lowest BCUT2D eigenvalue weighted by atomic mass is 10.3. The van der Waals surface area contributed by atoms with Crippen molar-refractivity contribution >= 4 is 39.7 Å². The Bertz CT molecular complexity index is 672. The molecule has 3 rings (SSSR count). The number of anilines is 2. The first-order valence-corrected chi connectivity index (χ1v) is 9.46. The summed E-state index contributed by atoms with van der Waals surface area (Å²) in [6, 6.07) is 12.4. The number of methoxy groups -OCH3 is 1. The minimum Gasteiger partial charge on any atom is -0.385 e. The molecule has 2 aromatic rings. The van der Waals surface area contributed by atoms with Gasteiger partial charge in [-0.25, -0.2) is 0 Å². The van der Waals surface area contributed by atoms with Crippen LogP contribution in [0.25, 0.3) is 0 Å². The highest BCUT2D eigenvalue weighted by atomic mass is 32.2. The molecule has 0 saturated heterocycles. The highest BCUT2D eigenvalue weighted by Crippen LogP contribution is 2.40. The van der Waals surface area contributed by atoms with E-state index in [0.717, 1.165) is 28.6 Å². The van der Waals surface area contributed by atoms with Crippen LogP contribution in [-0.4, -0.2) is 38.5 Å². The third-order valence-electron chi connectivity index (χ3n) is 3.62. The number of para-hydroxylation sites is 1. The van der Waals surface area contributed by atoms with Gasteiger partial charge in [0.25, 0.3) is 5.91 Å². The van der Waals surface area contributed by atoms with E-state index in [1.165, 1.54) is 10.6 Å². The zero-order valence-electron chi connectivity index (χ0n) is 13.1. The van der Waals surface area contributed by atoms with Crippen LogP contribution in [0.3, 0.4) is 0 Å². The number of thiophene rings is 1. The molecule has 1 aromatic carbocycles. The van der Waals surface area contributed by atoms with Crippen LogP contribution in [0.2, 0.25) is 0 Å². The monoisotopic (exact) mass is 348 g/mol. The normalized spacial score (nSPS) is 13.7. The molecule has 0 atom stereocenters. The molecule has 23 heavy (non-hydrogen) atoms. The first-order valence-electron chi connectivity index (χ1n) is 7.66. The Morgan fingerprint density at radius 3 is 3.04 bits per heavy atom. The fraction of sp³-hybridized carbons (Fsp3) is 0.353. The number of thioether (sulfide) groups is 1. The zero-order chi connectivity index (χ0) is 16.1. The van der Waals surface area contributed by atoms with Crippen molar-refractivity contribution in [1.29, 1.82) is 0 Å². The van der Waals surface area contributed by atoms with Gasteiger partial charge in [0.2, 0.25) is 0 Å². The van der Waals surface area contributed by atoms with E-state index >= 15 is 0 Å². The molecular weight excluding hydrogens is 328 g/mol. The molecule has 2 heterocycles. The van der Waals surface area contributed by atoms with Gasteiger partial charge in [-0.15, -0.1) is 23.1 Å². The maximum Gasteiger partial charge on any atom is 0.261 e. The van der Waals surface area contributed by atoms with Gasteiger partial charge in [-0.1, -0.05) is 12.1 Å². The van der Waals surface area contributed by atoms with Gasteiger partial charge < -0.3 is 15.0 Å². The number of rotatable bonds is 6. The maximum atomic E-state index is 12.2. The number of nitrogens with zero attached hydrogens (tertiary/aromatic N) is 1. The van der Waals surface area contributed by atoms with Crippen molar-refractivity contribution in [1.82, 2.24) is 5.32 Å². The molecule has 1 aliphatic rings. The van der Waals surface area contributed by atoms with Crippen LogP contribution in [0.1, 0.15) is 16.1 Å². The lowest BCUT2D eigenvalue weighted by Crippen LogP contribution is -2.24. The molecule has 4 nitrogen and oxygen atoms in total. The van der Waals surface area contributed by atoms with Crippen LogP contribution in [0.15, 0.2) is 41.3 Å². The largest absolute Gasteiger partial charge is 0.385 e. The fourth-order valence-corrected chi connectivity index (χ4v) is 4.46. The molecule has 6 heteroatoms. The third kappa shape index (κ3) is 3.88. The topological polar surface area (TPSA) is 41.6 Å². The number of carbonyl (C=O) groups is 1. The van der Waals surface area contributed by atoms with Gasteiger partial charge in [-0.05, 0) is 30.7 Å². The van der Waals surface area contributed by atoms with Crippen molar-refractivity contribution in [2.75, 3.05) is 37.5 Å². The summed E-state index contributed by atoms with van der Waals surface area (Å²) in [5.74, 6) is 1.06. The summed E-state index contributed by atoms with van der Waals surface area (Å²) in [5, 5.41) is 4.06. The second kappa shape index (κ2) is 7.86. The first kappa shape index (κ1) is 16.4. The van der Waals surface area contributed by atoms with Crippen molar-refractivity contribution < 1.29 is 9.53 Å². The van der Waals surface area contributed by atoms with Crippen LogP contribution in [-0.2, 0) is 4.74 Å². The molecule has 1 aromatic heterocycles. The van der Waals surface area contributed by atoms with Crippen molar-refractivity contribution in [2.45, 2.75) is 11.3 Å². The average molecular weight is 348 g/mol. The minimum atomic E-state index is -0.00276. The van der Waals surface area contributed by atoms with Crippen molar-refractivity contribution in [2.24, 2.45) is 0 Å². The number of carbonyl (C=O) groups excluding carboxylic acids is 1. The van der Waals surface area contributed by atoms with Crippen LogP contribution in [0.4, 0.5) is 10.7 Å². The van der Waals surface area contributed by atoms with E-state index in [4.69, 9.17) is 4.74 Å². The zero-order valence-corrected chi connectivity index (χ0v) is 14.7. The summed E-state index contributed by atoms with van der Waals surface area (Å²) in [4.78, 5) is 16.6. The molecule has 0 bridgehead atoms. The Morgan fingerprint density at radius 1 is 1.30 bits per heavy atom. The number of benzene rings is 1. The Morgan fingerprint density at radius 2 is 2.17 bits per heavy atom. The van der Waals surface area contributed by atoms with Crippen LogP contribution >= 0.6 is 23.1 Å². The fourth-order valence-electron chi connectivity index (χ4n) is 2.50. The minimum absolute atomic E-state index is 0.00276. The number of ether oxygens (including phenoxy) is 1. The van der Waals surface area contributed by atoms with E-state index in [9.17, 15) is 4.79 Å². The summed E-state index contributed by atoms with van der Waals surface area (Å²) >= 11 is 3.44. The summed E-state index contributed by atoms with van der Waals surface area (Å²) in [7, 11) is 1.67. The Hall–Kier alpha value is -1.50. The number of hydrogen-bond donors (Lipinski definition) is 1. The van der Waals surface area contributed by atoms with Crippen molar-refractivity contribution in [3.63, 3.8) is 0 Å². The number of nitrogens with one attached hydrogen (secondary N) is 1. The molecular formula is C17H20N2O2S2. The lowest BCUT2D eigenvalue weighted by Gasteiger charge is -2.29. The maximum absolute atomic E-state index is 12.2. The molecule has 0 unspecified atom stereocenters. The van der Waals surface area contributed by atoms with E-state index in [-0.39, 0.29) is 5.91 Å². The molecule has 1 N–H and O–H groups in total. The van der Waals surface area contributed by atoms with Gasteiger partial charge in [0.05, 0.1) is 15.6 Å². The van der Waals surface area contributed by atoms with E-state index in [0.29, 0.717) is 13.2 Å². The highest BCUT2D eigenvalue weighted by Gasteiger charge is 2.20. The molecule has 0 spiro atoms. The van der Waals surface area contributed by atoms with Crippen molar-refractivity contribution in [3.8, 4) is 0 Å². The van der Waals surface area contributed by atoms with Gasteiger partial charge in [-0.3, -0.25) is 4.79 Å². The third-order valence-corrected chi connectivity index (χ3v) is 5.77. The standard InChI is InChI=1S/C17H20N2O2S2/c1-21-11-4-9-18-17(20)15-7-8-16(23-15)19-10-12-22-14-6-3-2-5-13(14)19/h2-3,5-8H,4,9-12H2,1H3,(H,18,20). The van der Waals surface area contributed by atoms with Gasteiger partial charge in [-0.2, -0.15) is 0 Å². The van der Waals surface area contributed by atoms with Gasteiger partial charge >= 0.3 is 0 Å². The van der Waals surface area contributed by atoms with Gasteiger partial charge in [0.1, 0.15) is 0 Å². The van der Waals surface area contributed by atoms with Crippen molar-refractivity contribution in [3.05, 3.63) is 41.3 Å². The summed E-state index contributed by atoms with van der Waals surface area (Å²) in [5.41, 5.74) is 1.23. The van der Waals surface area contributed by atoms with E-state index in [1.807, 2.05) is 23.9 Å². The molecule has 1 aliphatic heterocycles. The SMILES string of the molecule is COCCCNC(=O)c1ccc(N2CCSc3ccccc32)s1. The van der Waals surface area contributed by atoms with Gasteiger partial charge in [0.15, 0.2) is 0 Å². The molecule has 1 amide bonds. The van der Waals surface area contributed by atoms with E-state index < -0.39 is 0 Å². The Labute approximate surface area is 144 Å². The summed E-state index contributed by atoms with van der Waals surface area (Å²) < 4.78 is 4.99. The Balaban J connectivity index is 1.69. The summed E-state index contributed by atoms with van der Waals surface area (Å²) in [6.07, 6.45) is 0.831. The number of hydrogen-bond acceptors (Lipinski definition) is 5. The van der Waals surface area contributed by atoms with Crippen LogP contribution in [0.5, 0.6) is 0 Å². The second-order valence-electron chi connectivity index (χ2n) is 5.21. The van der Waals surface area contributed by atoms with Crippen LogP contribution in [0, 0.1) is 0 Å². The Kier molecular flexibility index (Phi) is 5.59. The predicted molar refractivity (Wildman–Crippen MR) is 97.3 cm³/mol. The first-order chi connectivity index (χ1) is 11.3. The highest BCUT2D eigenvalue weighted by molar-refractivity contribution is 7.99.